The number of fused-ring (bicyclic) bond motifs is 1. The zero-order valence-corrected chi connectivity index (χ0v) is 19.2. The van der Waals surface area contributed by atoms with Crippen molar-refractivity contribution in [2.24, 2.45) is 0 Å². The van der Waals surface area contributed by atoms with Crippen LogP contribution in [0.5, 0.6) is 0 Å². The van der Waals surface area contributed by atoms with E-state index in [0.717, 1.165) is 28.9 Å². The van der Waals surface area contributed by atoms with E-state index in [4.69, 9.17) is 0 Å². The maximum atomic E-state index is 13.8. The van der Waals surface area contributed by atoms with Gasteiger partial charge in [-0.2, -0.15) is 0 Å². The Morgan fingerprint density at radius 1 is 0.941 bits per heavy atom. The van der Waals surface area contributed by atoms with Gasteiger partial charge in [0, 0.05) is 31.3 Å². The standard InChI is InChI=1S/C27H27FN4O2/c1-29-16-18-5-11-21(12-6-18)31-26(19-8-3-17(4-9-19)7-14-24(33)30-2)25-22-13-10-20(28)15-23(22)32-27(25)34/h3-6,8-13,15,29,31H,7,14,16H2,1-2H3,(H,30,33)(H,32,34). The molecule has 0 unspecified atom stereocenters. The quantitative estimate of drug-likeness (QED) is 0.382. The Kier molecular flexibility index (Phi) is 7.04. The molecule has 0 aromatic heterocycles. The molecule has 34 heavy (non-hydrogen) atoms. The van der Waals surface area contributed by atoms with Crippen molar-refractivity contribution in [1.82, 2.24) is 10.6 Å². The van der Waals surface area contributed by atoms with Gasteiger partial charge in [-0.05, 0) is 60.5 Å². The van der Waals surface area contributed by atoms with Crippen LogP contribution in [0, 0.1) is 5.82 Å². The summed E-state index contributed by atoms with van der Waals surface area (Å²) in [7, 11) is 3.52. The van der Waals surface area contributed by atoms with E-state index >= 15 is 0 Å². The Morgan fingerprint density at radius 2 is 1.65 bits per heavy atom. The number of nitrogens with one attached hydrogen (secondary N) is 4. The molecule has 0 fully saturated rings. The molecule has 0 bridgehead atoms. The van der Waals surface area contributed by atoms with E-state index in [1.54, 1.807) is 13.1 Å². The Hall–Kier alpha value is -3.97. The van der Waals surface area contributed by atoms with Gasteiger partial charge in [-0.15, -0.1) is 0 Å². The summed E-state index contributed by atoms with van der Waals surface area (Å²) >= 11 is 0. The lowest BCUT2D eigenvalue weighted by Crippen LogP contribution is -2.17. The van der Waals surface area contributed by atoms with Crippen molar-refractivity contribution >= 4 is 34.5 Å². The fourth-order valence-electron chi connectivity index (χ4n) is 3.95. The Morgan fingerprint density at radius 3 is 2.32 bits per heavy atom. The number of aryl methyl sites for hydroxylation is 1. The van der Waals surface area contributed by atoms with E-state index in [9.17, 15) is 14.0 Å². The molecule has 0 radical (unpaired) electrons. The molecule has 6 nitrogen and oxygen atoms in total. The SMILES string of the molecule is CNCc1ccc(NC(=C2C(=O)Nc3cc(F)ccc32)c2ccc(CCC(=O)NC)cc2)cc1. The van der Waals surface area contributed by atoms with E-state index in [-0.39, 0.29) is 11.8 Å². The maximum Gasteiger partial charge on any atom is 0.258 e. The van der Waals surface area contributed by atoms with Crippen LogP contribution in [0.25, 0.3) is 11.3 Å². The van der Waals surface area contributed by atoms with Crippen molar-refractivity contribution in [3.8, 4) is 0 Å². The molecule has 0 aliphatic carbocycles. The van der Waals surface area contributed by atoms with Crippen LogP contribution < -0.4 is 21.3 Å². The average molecular weight is 459 g/mol. The Bertz CT molecular complexity index is 1230. The van der Waals surface area contributed by atoms with E-state index in [1.165, 1.54) is 12.1 Å². The van der Waals surface area contributed by atoms with Gasteiger partial charge in [0.25, 0.3) is 5.91 Å². The summed E-state index contributed by atoms with van der Waals surface area (Å²) < 4.78 is 13.8. The number of anilines is 2. The topological polar surface area (TPSA) is 82.3 Å². The molecule has 0 atom stereocenters. The summed E-state index contributed by atoms with van der Waals surface area (Å²) in [6, 6.07) is 20.0. The predicted molar refractivity (Wildman–Crippen MR) is 134 cm³/mol. The lowest BCUT2D eigenvalue weighted by atomic mass is 9.98. The van der Waals surface area contributed by atoms with Crippen molar-refractivity contribution in [2.75, 3.05) is 24.7 Å². The van der Waals surface area contributed by atoms with E-state index in [2.05, 4.69) is 21.3 Å². The highest BCUT2D eigenvalue weighted by Gasteiger charge is 2.28. The number of hydrogen-bond donors (Lipinski definition) is 4. The molecule has 1 heterocycles. The maximum absolute atomic E-state index is 13.8. The monoisotopic (exact) mass is 458 g/mol. The Balaban J connectivity index is 1.73. The largest absolute Gasteiger partial charge is 0.359 e. The summed E-state index contributed by atoms with van der Waals surface area (Å²) in [6.45, 7) is 0.757. The van der Waals surface area contributed by atoms with Crippen LogP contribution in [0.1, 0.15) is 28.7 Å². The van der Waals surface area contributed by atoms with Crippen LogP contribution in [-0.4, -0.2) is 25.9 Å². The molecule has 4 rings (SSSR count). The van der Waals surface area contributed by atoms with Crippen LogP contribution in [-0.2, 0) is 22.6 Å². The van der Waals surface area contributed by atoms with E-state index in [1.807, 2.05) is 55.6 Å². The second kappa shape index (κ2) is 10.3. The number of benzene rings is 3. The molecular weight excluding hydrogens is 431 g/mol. The van der Waals surface area contributed by atoms with Crippen molar-refractivity contribution in [1.29, 1.82) is 0 Å². The molecule has 3 aromatic rings. The van der Waals surface area contributed by atoms with Crippen molar-refractivity contribution < 1.29 is 14.0 Å². The third-order valence-electron chi connectivity index (χ3n) is 5.74. The molecule has 0 spiro atoms. The number of hydrogen-bond acceptors (Lipinski definition) is 4. The lowest BCUT2D eigenvalue weighted by Gasteiger charge is -2.16. The zero-order chi connectivity index (χ0) is 24.1. The first kappa shape index (κ1) is 23.2. The molecule has 1 aliphatic rings. The summed E-state index contributed by atoms with van der Waals surface area (Å²) in [5.41, 5.74) is 5.97. The average Bonchev–Trinajstić information content (AvgIpc) is 3.17. The first-order chi connectivity index (χ1) is 16.5. The molecule has 7 heteroatoms. The van der Waals surface area contributed by atoms with Crippen LogP contribution in [0.15, 0.2) is 66.7 Å². The highest BCUT2D eigenvalue weighted by Crippen LogP contribution is 2.38. The minimum absolute atomic E-state index is 0.0123. The normalized spacial score (nSPS) is 13.8. The van der Waals surface area contributed by atoms with Crippen LogP contribution in [0.2, 0.25) is 0 Å². The minimum Gasteiger partial charge on any atom is -0.359 e. The van der Waals surface area contributed by atoms with Gasteiger partial charge in [0.1, 0.15) is 5.82 Å². The second-order valence-corrected chi connectivity index (χ2v) is 8.12. The number of rotatable bonds is 8. The van der Waals surface area contributed by atoms with E-state index < -0.39 is 5.82 Å². The van der Waals surface area contributed by atoms with Crippen LogP contribution >= 0.6 is 0 Å². The third-order valence-corrected chi connectivity index (χ3v) is 5.74. The molecule has 174 valence electrons. The van der Waals surface area contributed by atoms with Gasteiger partial charge in [-0.25, -0.2) is 4.39 Å². The number of carbonyl (C=O) groups is 2. The first-order valence-corrected chi connectivity index (χ1v) is 11.1. The van der Waals surface area contributed by atoms with Gasteiger partial charge < -0.3 is 21.3 Å². The molecule has 1 aliphatic heterocycles. The molecule has 2 amide bonds. The fraction of sp³-hybridized carbons (Fsp3) is 0.185. The lowest BCUT2D eigenvalue weighted by molar-refractivity contribution is -0.120. The number of amides is 2. The summed E-state index contributed by atoms with van der Waals surface area (Å²) in [5.74, 6) is -0.712. The van der Waals surface area contributed by atoms with Crippen molar-refractivity contribution in [2.45, 2.75) is 19.4 Å². The highest BCUT2D eigenvalue weighted by molar-refractivity contribution is 6.37. The summed E-state index contributed by atoms with van der Waals surface area (Å²) in [5, 5.41) is 11.9. The smallest absolute Gasteiger partial charge is 0.258 e. The van der Waals surface area contributed by atoms with Crippen LogP contribution in [0.4, 0.5) is 15.8 Å². The highest BCUT2D eigenvalue weighted by atomic mass is 19.1. The minimum atomic E-state index is -0.407. The van der Waals surface area contributed by atoms with Crippen molar-refractivity contribution in [3.63, 3.8) is 0 Å². The Labute approximate surface area is 198 Å². The van der Waals surface area contributed by atoms with Crippen LogP contribution in [0.3, 0.4) is 0 Å². The summed E-state index contributed by atoms with van der Waals surface area (Å²) in [4.78, 5) is 24.6. The van der Waals surface area contributed by atoms with Gasteiger partial charge >= 0.3 is 0 Å². The third kappa shape index (κ3) is 5.15. The molecule has 0 saturated heterocycles. The molecule has 0 saturated carbocycles. The molecule has 3 aromatic carbocycles. The van der Waals surface area contributed by atoms with Gasteiger partial charge in [-0.1, -0.05) is 36.4 Å². The predicted octanol–water partition coefficient (Wildman–Crippen LogP) is 4.16. The van der Waals surface area contributed by atoms with Gasteiger partial charge in [0.15, 0.2) is 0 Å². The fourth-order valence-corrected chi connectivity index (χ4v) is 3.95. The number of halogens is 1. The first-order valence-electron chi connectivity index (χ1n) is 11.1. The van der Waals surface area contributed by atoms with Gasteiger partial charge in [-0.3, -0.25) is 9.59 Å². The van der Waals surface area contributed by atoms with Gasteiger partial charge in [0.2, 0.25) is 5.91 Å². The zero-order valence-electron chi connectivity index (χ0n) is 19.2. The second-order valence-electron chi connectivity index (χ2n) is 8.12. The molecule has 4 N–H and O–H groups in total. The van der Waals surface area contributed by atoms with Crippen molar-refractivity contribution in [3.05, 3.63) is 94.8 Å². The van der Waals surface area contributed by atoms with Gasteiger partial charge in [0.05, 0.1) is 17.0 Å². The summed E-state index contributed by atoms with van der Waals surface area (Å²) in [6.07, 6.45) is 1.02. The van der Waals surface area contributed by atoms with E-state index in [0.29, 0.717) is 35.4 Å². The number of carbonyl (C=O) groups excluding carboxylic acids is 2. The molecular formula is C27H27FN4O2.